The number of carbonyl (C=O) groups excluding carboxylic acids is 1. The van der Waals surface area contributed by atoms with Crippen LogP contribution in [0.25, 0.3) is 0 Å². The molecule has 0 unspecified atom stereocenters. The molecule has 4 rings (SSSR count). The van der Waals surface area contributed by atoms with E-state index in [1.807, 2.05) is 33.8 Å². The number of likely N-dealkylation sites (tertiary alicyclic amines) is 1. The third kappa shape index (κ3) is 6.19. The van der Waals surface area contributed by atoms with E-state index < -0.39 is 0 Å². The maximum atomic E-state index is 15.1. The van der Waals surface area contributed by atoms with Gasteiger partial charge in [0.2, 0.25) is 5.95 Å². The van der Waals surface area contributed by atoms with Crippen LogP contribution in [-0.2, 0) is 4.74 Å². The number of aryl methyl sites for hydroxylation is 2. The van der Waals surface area contributed by atoms with Gasteiger partial charge in [-0.05, 0) is 92.3 Å². The number of anilines is 4. The van der Waals surface area contributed by atoms with Crippen LogP contribution in [0.2, 0.25) is 0 Å². The summed E-state index contributed by atoms with van der Waals surface area (Å²) in [5.41, 5.74) is 3.18. The third-order valence-corrected chi connectivity index (χ3v) is 6.62. The molecule has 1 fully saturated rings. The molecule has 0 spiro atoms. The lowest BCUT2D eigenvalue weighted by Crippen LogP contribution is -2.39. The van der Waals surface area contributed by atoms with Gasteiger partial charge < -0.3 is 20.3 Å². The van der Waals surface area contributed by atoms with E-state index in [4.69, 9.17) is 4.74 Å². The van der Waals surface area contributed by atoms with Crippen LogP contribution in [0.1, 0.15) is 49.4 Å². The van der Waals surface area contributed by atoms with E-state index in [2.05, 4.69) is 53.4 Å². The maximum Gasteiger partial charge on any atom is 0.410 e. The van der Waals surface area contributed by atoms with Crippen molar-refractivity contribution in [3.05, 3.63) is 50.6 Å². The highest BCUT2D eigenvalue weighted by Crippen LogP contribution is 2.34. The molecule has 0 atom stereocenters. The Morgan fingerprint density at radius 3 is 2.63 bits per heavy atom. The highest BCUT2D eigenvalue weighted by Gasteiger charge is 2.27. The van der Waals surface area contributed by atoms with Crippen molar-refractivity contribution in [1.82, 2.24) is 25.1 Å². The van der Waals surface area contributed by atoms with Crippen LogP contribution < -0.4 is 10.6 Å². The summed E-state index contributed by atoms with van der Waals surface area (Å²) in [6, 6.07) is 5.24. The van der Waals surface area contributed by atoms with Crippen molar-refractivity contribution in [3.63, 3.8) is 0 Å². The first kappa shape index (κ1) is 25.1. The molecular weight excluding hydrogens is 564 g/mol. The van der Waals surface area contributed by atoms with E-state index in [-0.39, 0.29) is 29.9 Å². The summed E-state index contributed by atoms with van der Waals surface area (Å²) in [5, 5.41) is 13.2. The fourth-order valence-electron chi connectivity index (χ4n) is 4.12. The zero-order valence-corrected chi connectivity index (χ0v) is 22.3. The van der Waals surface area contributed by atoms with E-state index in [0.29, 0.717) is 30.4 Å². The molecule has 0 bridgehead atoms. The van der Waals surface area contributed by atoms with Crippen molar-refractivity contribution >= 4 is 52.0 Å². The zero-order chi connectivity index (χ0) is 25.1. The lowest BCUT2D eigenvalue weighted by atomic mass is 9.86. The van der Waals surface area contributed by atoms with E-state index in [0.717, 1.165) is 33.2 Å². The van der Waals surface area contributed by atoms with E-state index >= 15 is 4.39 Å². The Labute approximate surface area is 217 Å². The quantitative estimate of drug-likeness (QED) is 0.312. The molecule has 3 aromatic rings. The fourth-order valence-corrected chi connectivity index (χ4v) is 4.52. The largest absolute Gasteiger partial charge is 0.447 e. The predicted octanol–water partition coefficient (Wildman–Crippen LogP) is 5.77. The number of aromatic nitrogens is 4. The minimum Gasteiger partial charge on any atom is -0.447 e. The number of nitrogens with zero attached hydrogens (tertiary/aromatic N) is 4. The number of H-pyrrole nitrogens is 1. The molecule has 2 aromatic heterocycles. The molecule has 0 saturated carbocycles. The van der Waals surface area contributed by atoms with E-state index in [9.17, 15) is 4.79 Å². The Morgan fingerprint density at radius 2 is 1.97 bits per heavy atom. The molecule has 0 radical (unpaired) electrons. The van der Waals surface area contributed by atoms with Crippen LogP contribution in [0.3, 0.4) is 0 Å². The lowest BCUT2D eigenvalue weighted by molar-refractivity contribution is 0.0691. The fraction of sp³-hybridized carbons (Fsp3) is 0.417. The number of halogens is 2. The van der Waals surface area contributed by atoms with Gasteiger partial charge >= 0.3 is 6.09 Å². The van der Waals surface area contributed by atoms with Gasteiger partial charge in [0, 0.05) is 31.0 Å². The molecule has 1 aliphatic heterocycles. The van der Waals surface area contributed by atoms with Gasteiger partial charge in [0.05, 0.1) is 15.4 Å². The molecule has 1 amide bonds. The predicted molar refractivity (Wildman–Crippen MR) is 141 cm³/mol. The number of piperidine rings is 1. The Bertz CT molecular complexity index is 1210. The Hall–Kier alpha value is -2.96. The number of hydrogen-bond acceptors (Lipinski definition) is 7. The number of aromatic amines is 1. The second-order valence-electron chi connectivity index (χ2n) is 8.96. The van der Waals surface area contributed by atoms with Gasteiger partial charge in [-0.2, -0.15) is 10.1 Å². The maximum absolute atomic E-state index is 15.1. The SMILES string of the molecule is Cc1cc(Nc2nc(Nc3cc(C)c(C4CCN(C(=O)OC(C)C)CC4)cc3F)ncc2I)n[nH]1. The van der Waals surface area contributed by atoms with Gasteiger partial charge in [0.1, 0.15) is 5.82 Å². The average molecular weight is 593 g/mol. The van der Waals surface area contributed by atoms with Crippen LogP contribution >= 0.6 is 22.6 Å². The van der Waals surface area contributed by atoms with Crippen molar-refractivity contribution in [2.75, 3.05) is 23.7 Å². The second-order valence-corrected chi connectivity index (χ2v) is 10.1. The highest BCUT2D eigenvalue weighted by molar-refractivity contribution is 14.1. The molecular formula is C24H29FIN7O2. The van der Waals surface area contributed by atoms with Gasteiger partial charge in [-0.25, -0.2) is 14.2 Å². The van der Waals surface area contributed by atoms with Gasteiger partial charge in [-0.1, -0.05) is 0 Å². The summed E-state index contributed by atoms with van der Waals surface area (Å²) in [6.07, 6.45) is 2.77. The van der Waals surface area contributed by atoms with Gasteiger partial charge in [0.25, 0.3) is 0 Å². The number of rotatable bonds is 6. The molecule has 186 valence electrons. The molecule has 1 saturated heterocycles. The average Bonchev–Trinajstić information content (AvgIpc) is 3.22. The number of carbonyl (C=O) groups is 1. The number of hydrogen-bond donors (Lipinski definition) is 3. The monoisotopic (exact) mass is 593 g/mol. The van der Waals surface area contributed by atoms with Crippen LogP contribution in [0, 0.1) is 23.2 Å². The zero-order valence-electron chi connectivity index (χ0n) is 20.2. The number of amides is 1. The van der Waals surface area contributed by atoms with Crippen molar-refractivity contribution < 1.29 is 13.9 Å². The molecule has 0 aliphatic carbocycles. The minimum absolute atomic E-state index is 0.143. The summed E-state index contributed by atoms with van der Waals surface area (Å²) < 4.78 is 21.2. The summed E-state index contributed by atoms with van der Waals surface area (Å²) >= 11 is 2.13. The van der Waals surface area contributed by atoms with Gasteiger partial charge in [-0.3, -0.25) is 5.10 Å². The summed E-state index contributed by atoms with van der Waals surface area (Å²) in [5.74, 6) is 1.31. The Kier molecular flexibility index (Phi) is 7.72. The van der Waals surface area contributed by atoms with Crippen LogP contribution in [-0.4, -0.2) is 50.4 Å². The van der Waals surface area contributed by atoms with Gasteiger partial charge in [-0.15, -0.1) is 0 Å². The number of ether oxygens (including phenoxy) is 1. The first-order chi connectivity index (χ1) is 16.7. The first-order valence-corrected chi connectivity index (χ1v) is 12.6. The smallest absolute Gasteiger partial charge is 0.410 e. The Balaban J connectivity index is 1.45. The molecule has 11 heteroatoms. The molecule has 35 heavy (non-hydrogen) atoms. The normalized spacial score (nSPS) is 14.3. The lowest BCUT2D eigenvalue weighted by Gasteiger charge is -2.32. The van der Waals surface area contributed by atoms with Crippen LogP contribution in [0.15, 0.2) is 24.4 Å². The summed E-state index contributed by atoms with van der Waals surface area (Å²) in [7, 11) is 0. The first-order valence-electron chi connectivity index (χ1n) is 11.5. The second kappa shape index (κ2) is 10.8. The molecule has 3 heterocycles. The topological polar surface area (TPSA) is 108 Å². The summed E-state index contributed by atoms with van der Waals surface area (Å²) in [4.78, 5) is 22.7. The molecule has 3 N–H and O–H groups in total. The van der Waals surface area contributed by atoms with Crippen LogP contribution in [0.4, 0.5) is 32.5 Å². The third-order valence-electron chi connectivity index (χ3n) is 5.83. The Morgan fingerprint density at radius 1 is 1.23 bits per heavy atom. The molecule has 1 aliphatic rings. The minimum atomic E-state index is -0.369. The number of benzene rings is 1. The van der Waals surface area contributed by atoms with Crippen molar-refractivity contribution in [3.8, 4) is 0 Å². The van der Waals surface area contributed by atoms with Crippen molar-refractivity contribution in [2.24, 2.45) is 0 Å². The summed E-state index contributed by atoms with van der Waals surface area (Å²) in [6.45, 7) is 8.75. The van der Waals surface area contributed by atoms with E-state index in [1.165, 1.54) is 0 Å². The number of nitrogens with one attached hydrogen (secondary N) is 3. The highest BCUT2D eigenvalue weighted by atomic mass is 127. The standard InChI is InChI=1S/C24H29FIN7O2/c1-13(2)35-24(34)33-7-5-16(6-8-33)17-11-18(25)20(9-14(17)3)28-23-27-12-19(26)22(30-23)29-21-10-15(4)31-32-21/h9-13,16H,5-8H2,1-4H3,(H3,27,28,29,30,31,32). The molecule has 1 aromatic carbocycles. The van der Waals surface area contributed by atoms with Crippen molar-refractivity contribution in [2.45, 2.75) is 52.6 Å². The van der Waals surface area contributed by atoms with E-state index in [1.54, 1.807) is 23.2 Å². The van der Waals surface area contributed by atoms with Crippen LogP contribution in [0.5, 0.6) is 0 Å². The molecule has 9 nitrogen and oxygen atoms in total. The van der Waals surface area contributed by atoms with Crippen molar-refractivity contribution in [1.29, 1.82) is 0 Å². The van der Waals surface area contributed by atoms with Gasteiger partial charge in [0.15, 0.2) is 11.6 Å².